The lowest BCUT2D eigenvalue weighted by Crippen LogP contribution is -1.87. The van der Waals surface area contributed by atoms with Crippen LogP contribution in [0.4, 0.5) is 4.39 Å². The molecule has 0 aliphatic heterocycles. The van der Waals surface area contributed by atoms with E-state index in [1.165, 1.54) is 18.6 Å². The summed E-state index contributed by atoms with van der Waals surface area (Å²) in [7, 11) is 0. The van der Waals surface area contributed by atoms with Crippen LogP contribution in [-0.4, -0.2) is 4.98 Å². The molecule has 96 valence electrons. The Morgan fingerprint density at radius 1 is 1.00 bits per heavy atom. The fraction of sp³-hybridized carbons (Fsp3) is 0.312. The maximum atomic E-state index is 13.0. The summed E-state index contributed by atoms with van der Waals surface area (Å²) in [6.07, 6.45) is 3.96. The van der Waals surface area contributed by atoms with Gasteiger partial charge in [0.1, 0.15) is 5.82 Å². The molecule has 2 heteroatoms. The normalized spacial score (nSPS) is 9.56. The maximum absolute atomic E-state index is 13.0. The van der Waals surface area contributed by atoms with E-state index in [1.807, 2.05) is 18.2 Å². The lowest BCUT2D eigenvalue weighted by molar-refractivity contribution is 0.628. The number of aryl methyl sites for hydroxylation is 1. The molecular formula is C16H20FN. The molecule has 0 saturated heterocycles. The van der Waals surface area contributed by atoms with Gasteiger partial charge >= 0.3 is 0 Å². The molecule has 1 aromatic carbocycles. The molecule has 1 nitrogen and oxygen atoms in total. The van der Waals surface area contributed by atoms with Crippen LogP contribution in [0, 0.1) is 5.82 Å². The fourth-order valence-electron chi connectivity index (χ4n) is 1.47. The van der Waals surface area contributed by atoms with Gasteiger partial charge in [0.05, 0.1) is 0 Å². The molecule has 1 heterocycles. The van der Waals surface area contributed by atoms with Crippen molar-refractivity contribution >= 4 is 0 Å². The molecule has 0 radical (unpaired) electrons. The quantitative estimate of drug-likeness (QED) is 0.735. The molecule has 0 spiro atoms. The Morgan fingerprint density at radius 3 is 2.22 bits per heavy atom. The zero-order valence-corrected chi connectivity index (χ0v) is 11.3. The Morgan fingerprint density at radius 2 is 1.72 bits per heavy atom. The Kier molecular flexibility index (Phi) is 6.06. The number of hydrogen-bond donors (Lipinski definition) is 0. The third-order valence-electron chi connectivity index (χ3n) is 2.34. The van der Waals surface area contributed by atoms with Crippen molar-refractivity contribution in [1.82, 2.24) is 4.98 Å². The summed E-state index contributed by atoms with van der Waals surface area (Å²) in [5.41, 5.74) is 2.87. The second-order valence-electron chi connectivity index (χ2n) is 4.11. The van der Waals surface area contributed by atoms with Crippen LogP contribution in [0.25, 0.3) is 11.1 Å². The minimum absolute atomic E-state index is 0.216. The Balaban J connectivity index is 0.000000492. The van der Waals surface area contributed by atoms with Crippen molar-refractivity contribution in [1.29, 1.82) is 0 Å². The first-order valence-corrected chi connectivity index (χ1v) is 6.42. The summed E-state index contributed by atoms with van der Waals surface area (Å²) in [5, 5.41) is 0. The standard InChI is InChI=1S/C13H12FN.C3H8/c1-2-13-7-6-11(9-15-13)10-4-3-5-12(14)8-10;1-3-2/h3-9H,2H2,1H3;3H2,1-2H3. The van der Waals surface area contributed by atoms with E-state index in [9.17, 15) is 4.39 Å². The van der Waals surface area contributed by atoms with E-state index in [0.717, 1.165) is 23.2 Å². The molecule has 0 saturated carbocycles. The van der Waals surface area contributed by atoms with E-state index in [0.29, 0.717) is 0 Å². The second kappa shape index (κ2) is 7.59. The van der Waals surface area contributed by atoms with Crippen LogP contribution >= 0.6 is 0 Å². The average Bonchev–Trinajstić information content (AvgIpc) is 2.40. The SMILES string of the molecule is CCC.CCc1ccc(-c2cccc(F)c2)cn1. The van der Waals surface area contributed by atoms with Crippen molar-refractivity contribution in [2.24, 2.45) is 0 Å². The highest BCUT2D eigenvalue weighted by Gasteiger charge is 1.99. The predicted molar refractivity (Wildman–Crippen MR) is 75.0 cm³/mol. The van der Waals surface area contributed by atoms with Gasteiger partial charge in [-0.3, -0.25) is 4.98 Å². The molecule has 0 atom stereocenters. The van der Waals surface area contributed by atoms with E-state index in [4.69, 9.17) is 0 Å². The predicted octanol–water partition coefficient (Wildman–Crippen LogP) is 4.87. The molecule has 0 aliphatic rings. The molecule has 0 aliphatic carbocycles. The van der Waals surface area contributed by atoms with E-state index in [-0.39, 0.29) is 5.82 Å². The lowest BCUT2D eigenvalue weighted by atomic mass is 10.1. The summed E-state index contributed by atoms with van der Waals surface area (Å²) in [5.74, 6) is -0.216. The summed E-state index contributed by atoms with van der Waals surface area (Å²) in [6, 6.07) is 10.5. The summed E-state index contributed by atoms with van der Waals surface area (Å²) in [6.45, 7) is 6.31. The van der Waals surface area contributed by atoms with E-state index in [1.54, 1.807) is 12.3 Å². The van der Waals surface area contributed by atoms with Crippen LogP contribution in [0.15, 0.2) is 42.6 Å². The number of benzene rings is 1. The molecule has 2 rings (SSSR count). The summed E-state index contributed by atoms with van der Waals surface area (Å²) in [4.78, 5) is 4.28. The van der Waals surface area contributed by atoms with Crippen molar-refractivity contribution in [2.75, 3.05) is 0 Å². The number of hydrogen-bond acceptors (Lipinski definition) is 1. The summed E-state index contributed by atoms with van der Waals surface area (Å²) >= 11 is 0. The Bertz CT molecular complexity index is 463. The van der Waals surface area contributed by atoms with Crippen LogP contribution in [-0.2, 0) is 6.42 Å². The van der Waals surface area contributed by atoms with Crippen molar-refractivity contribution < 1.29 is 4.39 Å². The van der Waals surface area contributed by atoms with Gasteiger partial charge < -0.3 is 0 Å². The topological polar surface area (TPSA) is 12.9 Å². The highest BCUT2D eigenvalue weighted by molar-refractivity contribution is 5.62. The molecule has 0 unspecified atom stereocenters. The van der Waals surface area contributed by atoms with Crippen LogP contribution in [0.2, 0.25) is 0 Å². The maximum Gasteiger partial charge on any atom is 0.123 e. The number of halogens is 1. The van der Waals surface area contributed by atoms with Crippen molar-refractivity contribution in [3.05, 3.63) is 54.1 Å². The first-order chi connectivity index (χ1) is 8.71. The highest BCUT2D eigenvalue weighted by Crippen LogP contribution is 2.19. The second-order valence-corrected chi connectivity index (χ2v) is 4.11. The highest BCUT2D eigenvalue weighted by atomic mass is 19.1. The van der Waals surface area contributed by atoms with Crippen LogP contribution in [0.1, 0.15) is 32.9 Å². The zero-order chi connectivity index (χ0) is 13.4. The van der Waals surface area contributed by atoms with Gasteiger partial charge in [0, 0.05) is 17.5 Å². The largest absolute Gasteiger partial charge is 0.261 e. The molecule has 1 aromatic heterocycles. The average molecular weight is 245 g/mol. The molecular weight excluding hydrogens is 225 g/mol. The van der Waals surface area contributed by atoms with Crippen molar-refractivity contribution in [3.8, 4) is 11.1 Å². The lowest BCUT2D eigenvalue weighted by Gasteiger charge is -2.02. The first kappa shape index (κ1) is 14.4. The van der Waals surface area contributed by atoms with Crippen molar-refractivity contribution in [2.45, 2.75) is 33.6 Å². The minimum atomic E-state index is -0.216. The Labute approximate surface area is 109 Å². The number of pyridine rings is 1. The monoisotopic (exact) mass is 245 g/mol. The summed E-state index contributed by atoms with van der Waals surface area (Å²) < 4.78 is 13.0. The van der Waals surface area contributed by atoms with E-state index in [2.05, 4.69) is 25.8 Å². The molecule has 0 bridgehead atoms. The zero-order valence-electron chi connectivity index (χ0n) is 11.3. The van der Waals surface area contributed by atoms with Gasteiger partial charge in [-0.05, 0) is 30.2 Å². The van der Waals surface area contributed by atoms with Gasteiger partial charge in [0.25, 0.3) is 0 Å². The smallest absolute Gasteiger partial charge is 0.123 e. The van der Waals surface area contributed by atoms with E-state index >= 15 is 0 Å². The third-order valence-corrected chi connectivity index (χ3v) is 2.34. The van der Waals surface area contributed by atoms with Gasteiger partial charge in [-0.1, -0.05) is 45.4 Å². The van der Waals surface area contributed by atoms with Crippen LogP contribution in [0.5, 0.6) is 0 Å². The molecule has 2 aromatic rings. The van der Waals surface area contributed by atoms with Gasteiger partial charge in [0.15, 0.2) is 0 Å². The molecule has 0 amide bonds. The first-order valence-electron chi connectivity index (χ1n) is 6.42. The molecule has 0 N–H and O–H groups in total. The van der Waals surface area contributed by atoms with Gasteiger partial charge in [-0.25, -0.2) is 4.39 Å². The number of aromatic nitrogens is 1. The van der Waals surface area contributed by atoms with Crippen molar-refractivity contribution in [3.63, 3.8) is 0 Å². The Hall–Kier alpha value is -1.70. The molecule has 18 heavy (non-hydrogen) atoms. The fourth-order valence-corrected chi connectivity index (χ4v) is 1.47. The van der Waals surface area contributed by atoms with Gasteiger partial charge in [0.2, 0.25) is 0 Å². The minimum Gasteiger partial charge on any atom is -0.261 e. The van der Waals surface area contributed by atoms with E-state index < -0.39 is 0 Å². The van der Waals surface area contributed by atoms with Gasteiger partial charge in [-0.15, -0.1) is 0 Å². The van der Waals surface area contributed by atoms with Gasteiger partial charge in [-0.2, -0.15) is 0 Å². The van der Waals surface area contributed by atoms with Crippen LogP contribution < -0.4 is 0 Å². The van der Waals surface area contributed by atoms with Crippen LogP contribution in [0.3, 0.4) is 0 Å². The molecule has 0 fully saturated rings. The number of nitrogens with zero attached hydrogens (tertiary/aromatic N) is 1. The third kappa shape index (κ3) is 4.28. The number of rotatable bonds is 2.